The number of rotatable bonds is 7. The summed E-state index contributed by atoms with van der Waals surface area (Å²) >= 11 is 0. The molecule has 7 heteroatoms. The van der Waals surface area contributed by atoms with E-state index in [0.717, 1.165) is 32.1 Å². The van der Waals surface area contributed by atoms with Crippen molar-refractivity contribution in [1.29, 1.82) is 0 Å². The average Bonchev–Trinajstić information content (AvgIpc) is 2.68. The second-order valence-corrected chi connectivity index (χ2v) is 8.99. The number of nitrogens with one attached hydrogen (secondary N) is 1. The van der Waals surface area contributed by atoms with Gasteiger partial charge in [-0.15, -0.1) is 0 Å². The fraction of sp³-hybridized carbons (Fsp3) is 0.381. The highest BCUT2D eigenvalue weighted by Gasteiger charge is 2.30. The van der Waals surface area contributed by atoms with E-state index in [2.05, 4.69) is 5.32 Å². The first-order chi connectivity index (χ1) is 13.4. The number of hydrogen-bond donors (Lipinski definition) is 1. The van der Waals surface area contributed by atoms with Crippen molar-refractivity contribution < 1.29 is 17.9 Å². The van der Waals surface area contributed by atoms with E-state index in [1.165, 1.54) is 10.6 Å². The minimum Gasteiger partial charge on any atom is -0.455 e. The van der Waals surface area contributed by atoms with E-state index in [1.807, 2.05) is 36.4 Å². The Balaban J connectivity index is 1.71. The lowest BCUT2D eigenvalue weighted by atomic mass is 9.95. The molecule has 1 fully saturated rings. The Labute approximate surface area is 166 Å². The molecule has 6 nitrogen and oxygen atoms in total. The summed E-state index contributed by atoms with van der Waals surface area (Å²) in [5.41, 5.74) is 0.508. The smallest absolute Gasteiger partial charge is 0.239 e. The number of amides is 1. The molecule has 0 atom stereocenters. The summed E-state index contributed by atoms with van der Waals surface area (Å²) in [6.07, 6.45) is 5.87. The molecule has 2 aromatic rings. The van der Waals surface area contributed by atoms with Crippen LogP contribution in [0.5, 0.6) is 11.5 Å². The Morgan fingerprint density at radius 2 is 1.68 bits per heavy atom. The summed E-state index contributed by atoms with van der Waals surface area (Å²) in [5.74, 6) is 0.787. The molecule has 0 aromatic heterocycles. The van der Waals surface area contributed by atoms with E-state index < -0.39 is 10.0 Å². The van der Waals surface area contributed by atoms with Gasteiger partial charge >= 0.3 is 0 Å². The van der Waals surface area contributed by atoms with Crippen LogP contribution < -0.4 is 10.1 Å². The van der Waals surface area contributed by atoms with Gasteiger partial charge in [-0.25, -0.2) is 8.42 Å². The monoisotopic (exact) mass is 402 g/mol. The molecule has 0 bridgehead atoms. The van der Waals surface area contributed by atoms with Crippen LogP contribution in [0.4, 0.5) is 5.69 Å². The van der Waals surface area contributed by atoms with E-state index in [9.17, 15) is 13.2 Å². The van der Waals surface area contributed by atoms with Crippen LogP contribution in [0.2, 0.25) is 0 Å². The molecule has 0 unspecified atom stereocenters. The van der Waals surface area contributed by atoms with Gasteiger partial charge in [-0.1, -0.05) is 49.6 Å². The maximum atomic E-state index is 12.6. The van der Waals surface area contributed by atoms with Crippen LogP contribution in [0, 0.1) is 0 Å². The Bertz CT molecular complexity index is 894. The molecule has 0 radical (unpaired) electrons. The molecule has 1 N–H and O–H groups in total. The van der Waals surface area contributed by atoms with Crippen molar-refractivity contribution in [3.63, 3.8) is 0 Å². The van der Waals surface area contributed by atoms with Crippen LogP contribution in [0.3, 0.4) is 0 Å². The third-order valence-corrected chi connectivity index (χ3v) is 6.12. The summed E-state index contributed by atoms with van der Waals surface area (Å²) in [7, 11) is -3.47. The fourth-order valence-corrected chi connectivity index (χ4v) is 4.60. The van der Waals surface area contributed by atoms with Crippen molar-refractivity contribution in [2.75, 3.05) is 18.1 Å². The lowest BCUT2D eigenvalue weighted by molar-refractivity contribution is -0.116. The number of carbonyl (C=O) groups excluding carboxylic acids is 1. The Hall–Kier alpha value is -2.38. The number of nitrogens with zero attached hydrogens (tertiary/aromatic N) is 1. The zero-order valence-electron chi connectivity index (χ0n) is 16.0. The van der Waals surface area contributed by atoms with Gasteiger partial charge in [0.25, 0.3) is 0 Å². The zero-order chi connectivity index (χ0) is 20.0. The third kappa shape index (κ3) is 5.56. The van der Waals surface area contributed by atoms with Crippen LogP contribution in [-0.2, 0) is 14.8 Å². The van der Waals surface area contributed by atoms with Crippen molar-refractivity contribution in [1.82, 2.24) is 4.31 Å². The molecule has 0 aliphatic heterocycles. The lowest BCUT2D eigenvalue weighted by Gasteiger charge is -2.31. The summed E-state index contributed by atoms with van der Waals surface area (Å²) in [5, 5.41) is 2.80. The highest BCUT2D eigenvalue weighted by molar-refractivity contribution is 7.88. The van der Waals surface area contributed by atoms with Gasteiger partial charge < -0.3 is 10.1 Å². The predicted octanol–water partition coefficient (Wildman–Crippen LogP) is 4.01. The summed E-state index contributed by atoms with van der Waals surface area (Å²) < 4.78 is 31.7. The molecule has 0 spiro atoms. The number of hydrogen-bond acceptors (Lipinski definition) is 4. The lowest BCUT2D eigenvalue weighted by Crippen LogP contribution is -2.45. The number of ether oxygens (including phenoxy) is 1. The molecule has 2 aromatic carbocycles. The normalized spacial score (nSPS) is 15.4. The molecule has 0 heterocycles. The Kier molecular flexibility index (Phi) is 6.70. The van der Waals surface area contributed by atoms with Crippen molar-refractivity contribution in [3.05, 3.63) is 54.6 Å². The minimum absolute atomic E-state index is 0.106. The Morgan fingerprint density at radius 3 is 2.36 bits per heavy atom. The van der Waals surface area contributed by atoms with E-state index in [-0.39, 0.29) is 18.5 Å². The van der Waals surface area contributed by atoms with Crippen molar-refractivity contribution in [2.24, 2.45) is 0 Å². The van der Waals surface area contributed by atoms with Gasteiger partial charge in [0.1, 0.15) is 5.75 Å². The highest BCUT2D eigenvalue weighted by Crippen LogP contribution is 2.29. The molecule has 1 aliphatic carbocycles. The standard InChI is InChI=1S/C21H26N2O4S/c1-28(25,26)23(17-10-4-2-5-11-17)16-21(24)22-19-14-8-9-15-20(19)27-18-12-6-3-7-13-18/h3,6-9,12-15,17H,2,4-5,10-11,16H2,1H3,(H,22,24). The van der Waals surface area contributed by atoms with E-state index in [0.29, 0.717) is 17.2 Å². The fourth-order valence-electron chi connectivity index (χ4n) is 3.49. The van der Waals surface area contributed by atoms with Gasteiger partial charge in [0.2, 0.25) is 15.9 Å². The molecule has 1 saturated carbocycles. The number of sulfonamides is 1. The van der Waals surface area contributed by atoms with Gasteiger partial charge in [0, 0.05) is 6.04 Å². The quantitative estimate of drug-likeness (QED) is 0.759. The molecule has 150 valence electrons. The molecule has 28 heavy (non-hydrogen) atoms. The van der Waals surface area contributed by atoms with Crippen molar-refractivity contribution in [3.8, 4) is 11.5 Å². The van der Waals surface area contributed by atoms with Crippen LogP contribution in [-0.4, -0.2) is 37.5 Å². The zero-order valence-corrected chi connectivity index (χ0v) is 16.8. The molecular weight excluding hydrogens is 376 g/mol. The van der Waals surface area contributed by atoms with Crippen LogP contribution in [0.1, 0.15) is 32.1 Å². The average molecular weight is 403 g/mol. The van der Waals surface area contributed by atoms with Gasteiger partial charge in [-0.05, 0) is 37.1 Å². The number of carbonyl (C=O) groups is 1. The minimum atomic E-state index is -3.47. The first-order valence-electron chi connectivity index (χ1n) is 9.52. The number of anilines is 1. The molecule has 3 rings (SSSR count). The van der Waals surface area contributed by atoms with Crippen LogP contribution in [0.25, 0.3) is 0 Å². The van der Waals surface area contributed by atoms with E-state index in [4.69, 9.17) is 4.74 Å². The SMILES string of the molecule is CS(=O)(=O)N(CC(=O)Nc1ccccc1Oc1ccccc1)C1CCCCC1. The second kappa shape index (κ2) is 9.21. The molecular formula is C21H26N2O4S. The van der Waals surface area contributed by atoms with E-state index in [1.54, 1.807) is 18.2 Å². The Morgan fingerprint density at radius 1 is 1.04 bits per heavy atom. The largest absolute Gasteiger partial charge is 0.455 e. The molecule has 1 aliphatic rings. The summed E-state index contributed by atoms with van der Waals surface area (Å²) in [6.45, 7) is -0.191. The summed E-state index contributed by atoms with van der Waals surface area (Å²) in [6, 6.07) is 16.3. The highest BCUT2D eigenvalue weighted by atomic mass is 32.2. The van der Waals surface area contributed by atoms with Gasteiger partial charge in [-0.3, -0.25) is 4.79 Å². The second-order valence-electron chi connectivity index (χ2n) is 7.06. The maximum absolute atomic E-state index is 12.6. The topological polar surface area (TPSA) is 75.7 Å². The molecule has 0 saturated heterocycles. The maximum Gasteiger partial charge on any atom is 0.239 e. The van der Waals surface area contributed by atoms with Gasteiger partial charge in [0.15, 0.2) is 5.75 Å². The van der Waals surface area contributed by atoms with Crippen molar-refractivity contribution in [2.45, 2.75) is 38.1 Å². The predicted molar refractivity (Wildman–Crippen MR) is 110 cm³/mol. The first kappa shape index (κ1) is 20.4. The number of benzene rings is 2. The third-order valence-electron chi connectivity index (χ3n) is 4.84. The van der Waals surface area contributed by atoms with Crippen molar-refractivity contribution >= 4 is 21.6 Å². The summed E-state index contributed by atoms with van der Waals surface area (Å²) in [4.78, 5) is 12.6. The number of para-hydroxylation sites is 3. The van der Waals surface area contributed by atoms with Crippen LogP contribution >= 0.6 is 0 Å². The van der Waals surface area contributed by atoms with Crippen LogP contribution in [0.15, 0.2) is 54.6 Å². The van der Waals surface area contributed by atoms with Gasteiger partial charge in [-0.2, -0.15) is 4.31 Å². The first-order valence-corrected chi connectivity index (χ1v) is 11.4. The van der Waals surface area contributed by atoms with Gasteiger partial charge in [0.05, 0.1) is 18.5 Å². The van der Waals surface area contributed by atoms with E-state index >= 15 is 0 Å². The molecule has 1 amide bonds.